The molecule has 0 saturated heterocycles. The Hall–Kier alpha value is -3.25. The lowest BCUT2D eigenvalue weighted by molar-refractivity contribution is 0.755. The molecule has 0 aliphatic heterocycles. The van der Waals surface area contributed by atoms with Gasteiger partial charge in [-0.05, 0) is 36.0 Å². The van der Waals surface area contributed by atoms with Crippen LogP contribution in [0, 0.1) is 0 Å². The first kappa shape index (κ1) is 17.8. The number of nitrogens with zero attached hydrogens (tertiary/aromatic N) is 3. The standard InChI is InChI=1S/C23H20N4OS/c28-22-20-18-12-7-13-19(18)29-21(20)25-23(26-24-14-16-8-3-1-4-9-16)27(22)15-17-10-5-2-6-11-17/h1-6,8-11,14H,7,12-13,15H2,(H,25,26). The van der Waals surface area contributed by atoms with Crippen LogP contribution in [0.3, 0.4) is 0 Å². The topological polar surface area (TPSA) is 59.3 Å². The van der Waals surface area contributed by atoms with E-state index in [1.54, 1.807) is 22.1 Å². The third kappa shape index (κ3) is 3.47. The molecule has 0 atom stereocenters. The number of hydrogen-bond acceptors (Lipinski definition) is 5. The second-order valence-electron chi connectivity index (χ2n) is 7.13. The first-order chi connectivity index (χ1) is 14.3. The largest absolute Gasteiger partial charge is 0.272 e. The molecule has 0 unspecified atom stereocenters. The summed E-state index contributed by atoms with van der Waals surface area (Å²) in [5.74, 6) is 0.471. The Morgan fingerprint density at radius 2 is 1.83 bits per heavy atom. The van der Waals surface area contributed by atoms with Crippen LogP contribution in [0.2, 0.25) is 0 Å². The van der Waals surface area contributed by atoms with Gasteiger partial charge in [0.2, 0.25) is 5.95 Å². The van der Waals surface area contributed by atoms with Crippen LogP contribution in [0.4, 0.5) is 5.95 Å². The molecule has 144 valence electrons. The van der Waals surface area contributed by atoms with Crippen molar-refractivity contribution in [2.75, 3.05) is 5.43 Å². The van der Waals surface area contributed by atoms with E-state index in [9.17, 15) is 4.79 Å². The number of hydrazone groups is 1. The third-order valence-electron chi connectivity index (χ3n) is 5.19. The van der Waals surface area contributed by atoms with Crippen molar-refractivity contribution in [3.8, 4) is 0 Å². The van der Waals surface area contributed by atoms with Crippen molar-refractivity contribution in [1.29, 1.82) is 0 Å². The van der Waals surface area contributed by atoms with Gasteiger partial charge in [0, 0.05) is 4.88 Å². The van der Waals surface area contributed by atoms with E-state index in [0.29, 0.717) is 12.5 Å². The van der Waals surface area contributed by atoms with Crippen LogP contribution < -0.4 is 11.0 Å². The molecule has 4 aromatic rings. The Morgan fingerprint density at radius 1 is 1.07 bits per heavy atom. The molecule has 1 aliphatic rings. The van der Waals surface area contributed by atoms with Crippen molar-refractivity contribution in [3.05, 3.63) is 92.6 Å². The Balaban J connectivity index is 1.58. The molecule has 2 heterocycles. The van der Waals surface area contributed by atoms with Gasteiger partial charge in [-0.25, -0.2) is 10.4 Å². The molecule has 1 aliphatic carbocycles. The van der Waals surface area contributed by atoms with Gasteiger partial charge in [0.1, 0.15) is 4.83 Å². The fourth-order valence-corrected chi connectivity index (χ4v) is 5.03. The summed E-state index contributed by atoms with van der Waals surface area (Å²) in [5.41, 5.74) is 6.25. The maximum atomic E-state index is 13.4. The highest BCUT2D eigenvalue weighted by atomic mass is 32.1. The molecular weight excluding hydrogens is 380 g/mol. The van der Waals surface area contributed by atoms with Gasteiger partial charge in [0.15, 0.2) is 0 Å². The third-order valence-corrected chi connectivity index (χ3v) is 6.37. The van der Waals surface area contributed by atoms with E-state index in [0.717, 1.165) is 40.6 Å². The van der Waals surface area contributed by atoms with Gasteiger partial charge >= 0.3 is 0 Å². The Bertz CT molecular complexity index is 1240. The molecule has 0 spiro atoms. The minimum absolute atomic E-state index is 0.00987. The Morgan fingerprint density at radius 3 is 2.62 bits per heavy atom. The zero-order chi connectivity index (χ0) is 19.6. The van der Waals surface area contributed by atoms with Gasteiger partial charge in [0.25, 0.3) is 5.56 Å². The van der Waals surface area contributed by atoms with Crippen molar-refractivity contribution in [2.45, 2.75) is 25.8 Å². The molecule has 0 saturated carbocycles. The molecule has 0 fully saturated rings. The fraction of sp³-hybridized carbons (Fsp3) is 0.174. The van der Waals surface area contributed by atoms with Crippen molar-refractivity contribution < 1.29 is 0 Å². The minimum atomic E-state index is 0.00987. The quantitative estimate of drug-likeness (QED) is 0.398. The monoisotopic (exact) mass is 400 g/mol. The smallest absolute Gasteiger partial charge is 0.264 e. The summed E-state index contributed by atoms with van der Waals surface area (Å²) in [6.07, 6.45) is 4.87. The Kier molecular flexibility index (Phi) is 4.69. The highest BCUT2D eigenvalue weighted by molar-refractivity contribution is 7.18. The lowest BCUT2D eigenvalue weighted by Gasteiger charge is -2.12. The highest BCUT2D eigenvalue weighted by Crippen LogP contribution is 2.35. The predicted molar refractivity (Wildman–Crippen MR) is 119 cm³/mol. The predicted octanol–water partition coefficient (Wildman–Crippen LogP) is 4.44. The normalized spacial score (nSPS) is 13.2. The number of aromatic nitrogens is 2. The van der Waals surface area contributed by atoms with Crippen LogP contribution >= 0.6 is 11.3 Å². The number of fused-ring (bicyclic) bond motifs is 3. The number of anilines is 1. The second-order valence-corrected chi connectivity index (χ2v) is 8.21. The number of nitrogens with one attached hydrogen (secondary N) is 1. The van der Waals surface area contributed by atoms with E-state index in [4.69, 9.17) is 4.98 Å². The van der Waals surface area contributed by atoms with E-state index < -0.39 is 0 Å². The average molecular weight is 401 g/mol. The second kappa shape index (κ2) is 7.64. The van der Waals surface area contributed by atoms with Crippen molar-refractivity contribution in [2.24, 2.45) is 5.10 Å². The number of hydrogen-bond donors (Lipinski definition) is 1. The zero-order valence-electron chi connectivity index (χ0n) is 15.8. The summed E-state index contributed by atoms with van der Waals surface area (Å²) >= 11 is 1.64. The molecular formula is C23H20N4OS. The first-order valence-corrected chi connectivity index (χ1v) is 10.5. The first-order valence-electron chi connectivity index (χ1n) is 9.73. The summed E-state index contributed by atoms with van der Waals surface area (Å²) < 4.78 is 1.70. The van der Waals surface area contributed by atoms with Gasteiger partial charge in [0.05, 0.1) is 18.1 Å². The summed E-state index contributed by atoms with van der Waals surface area (Å²) in [4.78, 5) is 20.3. The maximum absolute atomic E-state index is 13.4. The van der Waals surface area contributed by atoms with Crippen molar-refractivity contribution >= 4 is 33.7 Å². The number of benzene rings is 2. The van der Waals surface area contributed by atoms with E-state index in [1.165, 1.54) is 10.4 Å². The highest BCUT2D eigenvalue weighted by Gasteiger charge is 2.23. The molecule has 29 heavy (non-hydrogen) atoms. The molecule has 5 nitrogen and oxygen atoms in total. The van der Waals surface area contributed by atoms with Gasteiger partial charge in [-0.15, -0.1) is 11.3 Å². The van der Waals surface area contributed by atoms with Crippen LogP contribution in [-0.4, -0.2) is 15.8 Å². The van der Waals surface area contributed by atoms with E-state index in [2.05, 4.69) is 10.5 Å². The SMILES string of the molecule is O=c1c2c3c(sc2nc(NN=Cc2ccccc2)n1Cc1ccccc1)CCC3. The van der Waals surface area contributed by atoms with Crippen LogP contribution in [0.15, 0.2) is 70.6 Å². The van der Waals surface area contributed by atoms with Crippen LogP contribution in [0.5, 0.6) is 0 Å². The summed E-state index contributed by atoms with van der Waals surface area (Å²) in [6.45, 7) is 0.455. The molecule has 0 bridgehead atoms. The van der Waals surface area contributed by atoms with E-state index in [-0.39, 0.29) is 5.56 Å². The summed E-state index contributed by atoms with van der Waals surface area (Å²) in [6, 6.07) is 19.8. The summed E-state index contributed by atoms with van der Waals surface area (Å²) in [5, 5.41) is 5.12. The van der Waals surface area contributed by atoms with Gasteiger partial charge < -0.3 is 0 Å². The lowest BCUT2D eigenvalue weighted by Crippen LogP contribution is -2.24. The molecule has 1 N–H and O–H groups in total. The molecule has 5 rings (SSSR count). The Labute approximate surface area is 172 Å². The molecule has 0 radical (unpaired) electrons. The molecule has 0 amide bonds. The van der Waals surface area contributed by atoms with E-state index >= 15 is 0 Å². The fourth-order valence-electron chi connectivity index (χ4n) is 3.78. The van der Waals surface area contributed by atoms with Crippen molar-refractivity contribution in [1.82, 2.24) is 9.55 Å². The molecule has 2 aromatic heterocycles. The number of aryl methyl sites for hydroxylation is 2. The van der Waals surface area contributed by atoms with E-state index in [1.807, 2.05) is 60.7 Å². The minimum Gasteiger partial charge on any atom is -0.272 e. The van der Waals surface area contributed by atoms with Crippen LogP contribution in [0.25, 0.3) is 10.2 Å². The van der Waals surface area contributed by atoms with Gasteiger partial charge in [-0.2, -0.15) is 5.10 Å². The van der Waals surface area contributed by atoms with Gasteiger partial charge in [-0.3, -0.25) is 9.36 Å². The van der Waals surface area contributed by atoms with Gasteiger partial charge in [-0.1, -0.05) is 60.7 Å². The molecule has 2 aromatic carbocycles. The number of thiophene rings is 1. The summed E-state index contributed by atoms with van der Waals surface area (Å²) in [7, 11) is 0. The van der Waals surface area contributed by atoms with Crippen LogP contribution in [0.1, 0.15) is 28.0 Å². The van der Waals surface area contributed by atoms with Crippen LogP contribution in [-0.2, 0) is 19.4 Å². The maximum Gasteiger partial charge on any atom is 0.264 e. The molecule has 6 heteroatoms. The zero-order valence-corrected chi connectivity index (χ0v) is 16.7. The lowest BCUT2D eigenvalue weighted by atomic mass is 10.2. The van der Waals surface area contributed by atoms with Crippen molar-refractivity contribution in [3.63, 3.8) is 0 Å². The number of rotatable bonds is 5. The average Bonchev–Trinajstić information content (AvgIpc) is 3.33.